The second-order valence-corrected chi connectivity index (χ2v) is 3.18. The Bertz CT molecular complexity index is 243. The second-order valence-electron chi connectivity index (χ2n) is 1.58. The van der Waals surface area contributed by atoms with Gasteiger partial charge in [-0.15, -0.1) is 0 Å². The monoisotopic (exact) mass is 179 g/mol. The van der Waals surface area contributed by atoms with Crippen molar-refractivity contribution in [3.63, 3.8) is 0 Å². The summed E-state index contributed by atoms with van der Waals surface area (Å²) in [6.07, 6.45) is 2.32. The van der Waals surface area contributed by atoms with Crippen LogP contribution in [0.1, 0.15) is 6.42 Å². The highest BCUT2D eigenvalue weighted by atomic mass is 32.2. The highest BCUT2D eigenvalue weighted by molar-refractivity contribution is 7.87. The van der Waals surface area contributed by atoms with E-state index >= 15 is 0 Å². The van der Waals surface area contributed by atoms with Gasteiger partial charge in [-0.3, -0.25) is 9.35 Å². The van der Waals surface area contributed by atoms with Gasteiger partial charge < -0.3 is 5.21 Å². The Hall–Kier alpha value is -0.950. The molecule has 0 bridgehead atoms. The van der Waals surface area contributed by atoms with Crippen LogP contribution < -0.4 is 0 Å². The maximum Gasteiger partial charge on any atom is 0.275 e. The van der Waals surface area contributed by atoms with E-state index in [2.05, 4.69) is 5.16 Å². The van der Waals surface area contributed by atoms with Crippen LogP contribution in [0.4, 0.5) is 0 Å². The maximum atomic E-state index is 10.2. The van der Waals surface area contributed by atoms with Crippen molar-refractivity contribution >= 4 is 22.6 Å². The Morgan fingerprint density at radius 3 is 2.36 bits per heavy atom. The zero-order valence-electron chi connectivity index (χ0n) is 5.26. The van der Waals surface area contributed by atoms with E-state index in [0.717, 1.165) is 6.29 Å². The molecule has 0 amide bonds. The van der Waals surface area contributed by atoms with E-state index in [1.807, 2.05) is 0 Å². The first kappa shape index (κ1) is 10.0. The standard InChI is InChI=1S/C4H5NO5S/c6-3-4(1-2-5-7)11(8,9)10/h4,7H,1H2,(H,8,9,10). The van der Waals surface area contributed by atoms with E-state index in [1.54, 1.807) is 6.21 Å². The molecule has 0 aromatic carbocycles. The molecule has 62 valence electrons. The Kier molecular flexibility index (Phi) is 3.69. The second kappa shape index (κ2) is 4.04. The summed E-state index contributed by atoms with van der Waals surface area (Å²) in [6.45, 7) is 0. The summed E-state index contributed by atoms with van der Waals surface area (Å²) in [5.41, 5.74) is 0. The first-order valence-corrected chi connectivity index (χ1v) is 3.93. The summed E-state index contributed by atoms with van der Waals surface area (Å²) in [4.78, 5) is 9.83. The molecule has 0 aliphatic rings. The molecular weight excluding hydrogens is 174 g/mol. The summed E-state index contributed by atoms with van der Waals surface area (Å²) >= 11 is 0. The summed E-state index contributed by atoms with van der Waals surface area (Å²) < 4.78 is 28.6. The third kappa shape index (κ3) is 3.68. The number of rotatable bonds is 4. The van der Waals surface area contributed by atoms with Gasteiger partial charge in [-0.25, -0.2) is 0 Å². The zero-order chi connectivity index (χ0) is 8.91. The lowest BCUT2D eigenvalue weighted by molar-refractivity contribution is 0.320. The molecule has 0 heterocycles. The van der Waals surface area contributed by atoms with E-state index < -0.39 is 21.8 Å². The Labute approximate surface area is 63.3 Å². The molecule has 0 aromatic rings. The smallest absolute Gasteiger partial charge is 0.275 e. The molecule has 0 saturated heterocycles. The van der Waals surface area contributed by atoms with Crippen molar-refractivity contribution in [3.8, 4) is 0 Å². The Balaban J connectivity index is 4.31. The highest BCUT2D eigenvalue weighted by Gasteiger charge is 2.22. The van der Waals surface area contributed by atoms with Gasteiger partial charge in [0.25, 0.3) is 10.1 Å². The molecule has 0 rings (SSSR count). The lowest BCUT2D eigenvalue weighted by atomic mass is 10.3. The van der Waals surface area contributed by atoms with Crippen LogP contribution in [0.25, 0.3) is 0 Å². The molecule has 11 heavy (non-hydrogen) atoms. The number of carbonyl (C=O) groups excluding carboxylic acids is 1. The van der Waals surface area contributed by atoms with Crippen LogP contribution in [-0.2, 0) is 14.9 Å². The summed E-state index contributed by atoms with van der Waals surface area (Å²) in [6, 6.07) is 0. The predicted molar refractivity (Wildman–Crippen MR) is 34.9 cm³/mol. The van der Waals surface area contributed by atoms with Crippen molar-refractivity contribution in [2.75, 3.05) is 0 Å². The van der Waals surface area contributed by atoms with E-state index in [-0.39, 0.29) is 0 Å². The van der Waals surface area contributed by atoms with Crippen LogP contribution in [0.2, 0.25) is 0 Å². The molecule has 0 aromatic heterocycles. The zero-order valence-corrected chi connectivity index (χ0v) is 6.08. The molecule has 1 atom stereocenters. The van der Waals surface area contributed by atoms with Gasteiger partial charge in [0.05, 0.1) is 0 Å². The van der Waals surface area contributed by atoms with E-state index in [0.29, 0.717) is 0 Å². The van der Waals surface area contributed by atoms with E-state index in [4.69, 9.17) is 9.76 Å². The number of nitrogens with zero attached hydrogens (tertiary/aromatic N) is 1. The van der Waals surface area contributed by atoms with Crippen LogP contribution in [0.15, 0.2) is 5.16 Å². The van der Waals surface area contributed by atoms with E-state index in [9.17, 15) is 13.2 Å². The Morgan fingerprint density at radius 1 is 1.55 bits per heavy atom. The van der Waals surface area contributed by atoms with Gasteiger partial charge in [0.1, 0.15) is 6.21 Å². The molecule has 0 saturated carbocycles. The fraction of sp³-hybridized carbons (Fsp3) is 0.500. The van der Waals surface area contributed by atoms with Crippen molar-refractivity contribution in [2.45, 2.75) is 11.7 Å². The van der Waals surface area contributed by atoms with Gasteiger partial charge in [-0.05, 0) is 0 Å². The lowest BCUT2D eigenvalue weighted by Gasteiger charge is -1.98. The minimum atomic E-state index is -4.44. The summed E-state index contributed by atoms with van der Waals surface area (Å²) in [7, 11) is -4.44. The highest BCUT2D eigenvalue weighted by Crippen LogP contribution is 1.98. The van der Waals surface area contributed by atoms with Crippen molar-refractivity contribution in [2.24, 2.45) is 5.16 Å². The first-order valence-electron chi connectivity index (χ1n) is 2.43. The number of hydrogen-bond donors (Lipinski definition) is 2. The number of hydrogen-bond acceptors (Lipinski definition) is 5. The fourth-order valence-electron chi connectivity index (χ4n) is 0.332. The normalized spacial score (nSPS) is 15.0. The van der Waals surface area contributed by atoms with Crippen LogP contribution in [-0.4, -0.2) is 35.9 Å². The van der Waals surface area contributed by atoms with Crippen LogP contribution in [0, 0.1) is 0 Å². The molecule has 0 spiro atoms. The quantitative estimate of drug-likeness (QED) is 0.251. The molecule has 7 heteroatoms. The predicted octanol–water partition coefficient (Wildman–Crippen LogP) is -0.920. The van der Waals surface area contributed by atoms with Crippen molar-refractivity contribution in [1.29, 1.82) is 0 Å². The average molecular weight is 179 g/mol. The van der Waals surface area contributed by atoms with Gasteiger partial charge >= 0.3 is 0 Å². The third-order valence-electron chi connectivity index (χ3n) is 0.838. The van der Waals surface area contributed by atoms with Gasteiger partial charge in [-0.2, -0.15) is 8.42 Å². The lowest BCUT2D eigenvalue weighted by Crippen LogP contribution is -2.22. The molecule has 0 aliphatic heterocycles. The minimum absolute atomic E-state index is 0.515. The molecule has 6 nitrogen and oxygen atoms in total. The molecule has 0 fully saturated rings. The van der Waals surface area contributed by atoms with Crippen LogP contribution in [0.5, 0.6) is 0 Å². The van der Waals surface area contributed by atoms with Gasteiger partial charge in [0.2, 0.25) is 6.29 Å². The van der Waals surface area contributed by atoms with Crippen molar-refractivity contribution in [3.05, 3.63) is 0 Å². The topological polar surface area (TPSA) is 104 Å². The third-order valence-corrected chi connectivity index (χ3v) is 1.82. The molecular formula is C4H5NO5S. The van der Waals surface area contributed by atoms with Crippen LogP contribution in [0.3, 0.4) is 0 Å². The maximum absolute atomic E-state index is 10.2. The molecule has 1 unspecified atom stereocenters. The molecule has 0 aliphatic carbocycles. The minimum Gasteiger partial charge on any atom is -0.411 e. The van der Waals surface area contributed by atoms with Crippen molar-refractivity contribution in [1.82, 2.24) is 0 Å². The molecule has 2 N–H and O–H groups in total. The van der Waals surface area contributed by atoms with E-state index in [1.165, 1.54) is 0 Å². The summed E-state index contributed by atoms with van der Waals surface area (Å²) in [5.74, 6) is 0. The van der Waals surface area contributed by atoms with Gasteiger partial charge in [0.15, 0.2) is 5.25 Å². The summed E-state index contributed by atoms with van der Waals surface area (Å²) in [5, 5.41) is 8.39. The van der Waals surface area contributed by atoms with Crippen molar-refractivity contribution < 1.29 is 23.0 Å². The fourth-order valence-corrected chi connectivity index (χ4v) is 0.738. The largest absolute Gasteiger partial charge is 0.411 e. The first-order chi connectivity index (χ1) is 5.02. The average Bonchev–Trinajstić information content (AvgIpc) is 1.87. The van der Waals surface area contributed by atoms with Gasteiger partial charge in [0, 0.05) is 6.42 Å². The SMILES string of the molecule is O=[C]C(C/[C]=N/O)S(=O)(=O)O. The Morgan fingerprint density at radius 2 is 2.09 bits per heavy atom. The van der Waals surface area contributed by atoms with Gasteiger partial charge in [-0.1, -0.05) is 5.16 Å². The molecule has 2 radical (unpaired) electrons. The van der Waals surface area contributed by atoms with Crippen LogP contribution >= 0.6 is 0 Å².